The predicted octanol–water partition coefficient (Wildman–Crippen LogP) is 2.76. The number of nitrogens with one attached hydrogen (secondary N) is 1. The van der Waals surface area contributed by atoms with Crippen molar-refractivity contribution in [2.75, 3.05) is 5.32 Å². The second kappa shape index (κ2) is 7.32. The molecule has 8 nitrogen and oxygen atoms in total. The minimum absolute atomic E-state index is 0.190. The van der Waals surface area contributed by atoms with E-state index in [1.807, 2.05) is 0 Å². The topological polar surface area (TPSA) is 118 Å². The average molecular weight is 386 g/mol. The Hall–Kier alpha value is -2.99. The molecule has 0 saturated carbocycles. The van der Waals surface area contributed by atoms with Gasteiger partial charge in [-0.15, -0.1) is 11.3 Å². The zero-order valence-electron chi connectivity index (χ0n) is 14.9. The average Bonchev–Trinajstić information content (AvgIpc) is 2.94. The number of nitriles is 1. The summed E-state index contributed by atoms with van der Waals surface area (Å²) in [5.41, 5.74) is 0.959. The number of nitrogens with zero attached hydrogens (tertiary/aromatic N) is 3. The van der Waals surface area contributed by atoms with Crippen molar-refractivity contribution >= 4 is 27.9 Å². The summed E-state index contributed by atoms with van der Waals surface area (Å²) >= 11 is 1.39. The van der Waals surface area contributed by atoms with Crippen LogP contribution in [0, 0.1) is 34.3 Å². The number of aromatic nitrogens is 1. The van der Waals surface area contributed by atoms with E-state index in [0.29, 0.717) is 16.5 Å². The maximum absolute atomic E-state index is 12.4. The zero-order valence-corrected chi connectivity index (χ0v) is 15.8. The Bertz CT molecular complexity index is 1030. The van der Waals surface area contributed by atoms with Crippen molar-refractivity contribution in [2.24, 2.45) is 5.92 Å². The lowest BCUT2D eigenvalue weighted by atomic mass is 9.89. The lowest BCUT2D eigenvalue weighted by Crippen LogP contribution is -2.28. The van der Waals surface area contributed by atoms with Gasteiger partial charge >= 0.3 is 0 Å². The van der Waals surface area contributed by atoms with Gasteiger partial charge in [-0.05, 0) is 37.7 Å². The van der Waals surface area contributed by atoms with E-state index in [-0.39, 0.29) is 17.8 Å². The Morgan fingerprint density at radius 2 is 2.30 bits per heavy atom. The van der Waals surface area contributed by atoms with Crippen molar-refractivity contribution < 1.29 is 9.72 Å². The number of fused-ring (bicyclic) bond motifs is 1. The van der Waals surface area contributed by atoms with E-state index >= 15 is 0 Å². The van der Waals surface area contributed by atoms with E-state index in [1.165, 1.54) is 24.3 Å². The summed E-state index contributed by atoms with van der Waals surface area (Å²) in [5.74, 6) is 0.0396. The standard InChI is InChI=1S/C18H18N4O4S/c1-10-3-4-13-14(7-19)17(27-15(13)5-10)20-16(23)9-21-8-12(22(25)26)6-11(2)18(21)24/h6,8,10H,3-5,9H2,1-2H3,(H,20,23). The number of carbonyl (C=O) groups is 1. The minimum atomic E-state index is -0.608. The van der Waals surface area contributed by atoms with Crippen molar-refractivity contribution in [3.8, 4) is 6.07 Å². The molecule has 0 radical (unpaired) electrons. The highest BCUT2D eigenvalue weighted by molar-refractivity contribution is 7.16. The van der Waals surface area contributed by atoms with Gasteiger partial charge in [0.15, 0.2) is 0 Å². The molecule has 140 valence electrons. The summed E-state index contributed by atoms with van der Waals surface area (Å²) < 4.78 is 1.02. The van der Waals surface area contributed by atoms with Crippen molar-refractivity contribution in [2.45, 2.75) is 39.7 Å². The van der Waals surface area contributed by atoms with Crippen LogP contribution in [0.15, 0.2) is 17.1 Å². The normalized spacial score (nSPS) is 15.7. The molecule has 1 amide bonds. The van der Waals surface area contributed by atoms with Crippen LogP contribution in [0.25, 0.3) is 0 Å². The molecular formula is C18H18N4O4S. The summed E-state index contributed by atoms with van der Waals surface area (Å²) in [7, 11) is 0. The van der Waals surface area contributed by atoms with Crippen LogP contribution >= 0.6 is 11.3 Å². The molecular weight excluding hydrogens is 368 g/mol. The quantitative estimate of drug-likeness (QED) is 0.640. The van der Waals surface area contributed by atoms with Gasteiger partial charge in [0.05, 0.1) is 16.7 Å². The molecule has 1 atom stereocenters. The molecule has 0 spiro atoms. The number of hydrogen-bond acceptors (Lipinski definition) is 6. The molecule has 0 saturated heterocycles. The summed E-state index contributed by atoms with van der Waals surface area (Å²) in [6.45, 7) is 3.27. The van der Waals surface area contributed by atoms with Gasteiger partial charge in [0.1, 0.15) is 17.6 Å². The first-order chi connectivity index (χ1) is 12.8. The lowest BCUT2D eigenvalue weighted by molar-refractivity contribution is -0.385. The largest absolute Gasteiger partial charge is 0.315 e. The first-order valence-electron chi connectivity index (χ1n) is 8.50. The number of thiophene rings is 1. The summed E-state index contributed by atoms with van der Waals surface area (Å²) in [6.07, 6.45) is 3.76. The van der Waals surface area contributed by atoms with E-state index in [2.05, 4.69) is 18.3 Å². The van der Waals surface area contributed by atoms with Gasteiger partial charge in [0.25, 0.3) is 11.2 Å². The van der Waals surface area contributed by atoms with Crippen molar-refractivity contribution in [1.82, 2.24) is 4.57 Å². The highest BCUT2D eigenvalue weighted by atomic mass is 32.1. The highest BCUT2D eigenvalue weighted by Gasteiger charge is 2.25. The van der Waals surface area contributed by atoms with Crippen molar-refractivity contribution in [1.29, 1.82) is 5.26 Å². The molecule has 0 aromatic carbocycles. The first-order valence-corrected chi connectivity index (χ1v) is 9.31. The van der Waals surface area contributed by atoms with Crippen molar-refractivity contribution in [3.63, 3.8) is 0 Å². The van der Waals surface area contributed by atoms with Gasteiger partial charge in [-0.2, -0.15) is 5.26 Å². The number of rotatable bonds is 4. The van der Waals surface area contributed by atoms with Gasteiger partial charge in [-0.25, -0.2) is 0 Å². The van der Waals surface area contributed by atoms with Crippen LogP contribution in [0.4, 0.5) is 10.7 Å². The van der Waals surface area contributed by atoms with Crippen LogP contribution in [0.5, 0.6) is 0 Å². The van der Waals surface area contributed by atoms with Gasteiger partial charge in [-0.3, -0.25) is 24.3 Å². The Morgan fingerprint density at radius 3 is 2.96 bits per heavy atom. The number of nitro groups is 1. The summed E-state index contributed by atoms with van der Waals surface area (Å²) in [5, 5.41) is 23.6. The van der Waals surface area contributed by atoms with Crippen LogP contribution in [0.2, 0.25) is 0 Å². The third-order valence-electron chi connectivity index (χ3n) is 4.65. The fraction of sp³-hybridized carbons (Fsp3) is 0.389. The maximum Gasteiger partial charge on any atom is 0.286 e. The summed E-state index contributed by atoms with van der Waals surface area (Å²) in [6, 6.07) is 3.35. The lowest BCUT2D eigenvalue weighted by Gasteiger charge is -2.17. The number of aryl methyl sites for hydroxylation is 1. The van der Waals surface area contributed by atoms with E-state index in [1.54, 1.807) is 0 Å². The number of hydrogen-bond donors (Lipinski definition) is 1. The predicted molar refractivity (Wildman–Crippen MR) is 101 cm³/mol. The molecule has 2 heterocycles. The Labute approximate surface area is 159 Å². The third kappa shape index (κ3) is 3.75. The van der Waals surface area contributed by atoms with Gasteiger partial charge in [0, 0.05) is 16.5 Å². The van der Waals surface area contributed by atoms with Gasteiger partial charge in [-0.1, -0.05) is 6.92 Å². The van der Waals surface area contributed by atoms with Crippen molar-refractivity contribution in [3.05, 3.63) is 54.3 Å². The molecule has 1 aliphatic rings. The molecule has 0 fully saturated rings. The zero-order chi connectivity index (χ0) is 19.7. The van der Waals surface area contributed by atoms with E-state index in [0.717, 1.165) is 40.5 Å². The third-order valence-corrected chi connectivity index (χ3v) is 5.82. The number of anilines is 1. The van der Waals surface area contributed by atoms with Crippen LogP contribution < -0.4 is 10.9 Å². The van der Waals surface area contributed by atoms with Gasteiger partial charge < -0.3 is 5.32 Å². The van der Waals surface area contributed by atoms with Crippen LogP contribution in [-0.2, 0) is 24.2 Å². The van der Waals surface area contributed by atoms with Gasteiger partial charge in [0.2, 0.25) is 5.91 Å². The fourth-order valence-electron chi connectivity index (χ4n) is 3.26. The van der Waals surface area contributed by atoms with E-state index in [9.17, 15) is 25.0 Å². The summed E-state index contributed by atoms with van der Waals surface area (Å²) in [4.78, 5) is 36.1. The van der Waals surface area contributed by atoms with Crippen LogP contribution in [0.1, 0.15) is 34.9 Å². The van der Waals surface area contributed by atoms with E-state index in [4.69, 9.17) is 0 Å². The molecule has 0 aliphatic heterocycles. The number of amides is 1. The smallest absolute Gasteiger partial charge is 0.286 e. The van der Waals surface area contributed by atoms with E-state index < -0.39 is 16.4 Å². The minimum Gasteiger partial charge on any atom is -0.315 e. The molecule has 27 heavy (non-hydrogen) atoms. The van der Waals surface area contributed by atoms with Crippen LogP contribution in [0.3, 0.4) is 0 Å². The Morgan fingerprint density at radius 1 is 1.56 bits per heavy atom. The molecule has 2 aromatic rings. The first kappa shape index (κ1) is 18.8. The maximum atomic E-state index is 12.4. The molecule has 2 aromatic heterocycles. The molecule has 3 rings (SSSR count). The molecule has 1 unspecified atom stereocenters. The molecule has 1 N–H and O–H groups in total. The SMILES string of the molecule is Cc1cc([N+](=O)[O-])cn(CC(=O)Nc2sc3c(c2C#N)CCC(C)C3)c1=O. The fourth-order valence-corrected chi connectivity index (χ4v) is 4.64. The molecule has 0 bridgehead atoms. The highest BCUT2D eigenvalue weighted by Crippen LogP contribution is 2.39. The molecule has 1 aliphatic carbocycles. The second-order valence-corrected chi connectivity index (χ2v) is 7.89. The monoisotopic (exact) mass is 386 g/mol. The molecule has 9 heteroatoms. The van der Waals surface area contributed by atoms with Crippen LogP contribution in [-0.4, -0.2) is 15.4 Å². The Kier molecular flexibility index (Phi) is 5.10. The Balaban J connectivity index is 1.85. The second-order valence-electron chi connectivity index (χ2n) is 6.79. The number of pyridine rings is 1. The number of carbonyl (C=O) groups excluding carboxylic acids is 1.